The van der Waals surface area contributed by atoms with Crippen molar-refractivity contribution in [1.82, 2.24) is 14.7 Å². The molecule has 0 radical (unpaired) electrons. The molecule has 0 spiro atoms. The van der Waals surface area contributed by atoms with Crippen LogP contribution in [0.4, 0.5) is 5.69 Å². The zero-order valence-electron chi connectivity index (χ0n) is 12.2. The fourth-order valence-corrected chi connectivity index (χ4v) is 3.05. The minimum atomic E-state index is -0.643. The van der Waals surface area contributed by atoms with E-state index in [-0.39, 0.29) is 12.1 Å². The zero-order valence-corrected chi connectivity index (χ0v) is 14.6. The molecule has 0 aliphatic heterocycles. The number of hydrogen-bond acceptors (Lipinski definition) is 5. The van der Waals surface area contributed by atoms with Gasteiger partial charge in [-0.3, -0.25) is 18.8 Å². The number of amides is 2. The van der Waals surface area contributed by atoms with Crippen LogP contribution in [0.2, 0.25) is 0 Å². The van der Waals surface area contributed by atoms with E-state index in [2.05, 4.69) is 31.5 Å². The number of nitrogens with zero attached hydrogens (tertiary/aromatic N) is 2. The van der Waals surface area contributed by atoms with Crippen LogP contribution in [-0.2, 0) is 4.79 Å². The van der Waals surface area contributed by atoms with Crippen LogP contribution in [0.15, 0.2) is 51.3 Å². The van der Waals surface area contributed by atoms with Crippen molar-refractivity contribution in [2.24, 2.45) is 0 Å². The molecule has 0 fully saturated rings. The summed E-state index contributed by atoms with van der Waals surface area (Å²) in [7, 11) is 0. The summed E-state index contributed by atoms with van der Waals surface area (Å²) in [6, 6.07) is 7.12. The smallest absolute Gasteiger partial charge is 0.271 e. The first-order chi connectivity index (χ1) is 11.6. The molecule has 0 aliphatic rings. The highest BCUT2D eigenvalue weighted by atomic mass is 79.9. The SMILES string of the molecule is O=C(CNC(=O)c1cnc2sccn2c1=O)Nc1ccccc1Br. The summed E-state index contributed by atoms with van der Waals surface area (Å²) in [4.78, 5) is 40.7. The number of halogens is 1. The van der Waals surface area contributed by atoms with E-state index in [4.69, 9.17) is 0 Å². The number of carbonyl (C=O) groups is 2. The molecule has 7 nitrogen and oxygen atoms in total. The average molecular weight is 407 g/mol. The summed E-state index contributed by atoms with van der Waals surface area (Å²) in [5, 5.41) is 6.78. The van der Waals surface area contributed by atoms with Gasteiger partial charge in [-0.15, -0.1) is 11.3 Å². The summed E-state index contributed by atoms with van der Waals surface area (Å²) in [5.74, 6) is -1.05. The number of aromatic nitrogens is 2. The van der Waals surface area contributed by atoms with Crippen molar-refractivity contribution in [2.45, 2.75) is 0 Å². The zero-order chi connectivity index (χ0) is 17.1. The van der Waals surface area contributed by atoms with Gasteiger partial charge in [0.05, 0.1) is 12.2 Å². The first-order valence-corrected chi connectivity index (χ1v) is 8.51. The minimum absolute atomic E-state index is 0.111. The first-order valence-electron chi connectivity index (χ1n) is 6.83. The van der Waals surface area contributed by atoms with Crippen molar-refractivity contribution in [3.05, 3.63) is 62.4 Å². The summed E-state index contributed by atoms with van der Waals surface area (Å²) in [6.45, 7) is -0.258. The van der Waals surface area contributed by atoms with Gasteiger partial charge in [-0.05, 0) is 28.1 Å². The average Bonchev–Trinajstić information content (AvgIpc) is 3.05. The molecule has 24 heavy (non-hydrogen) atoms. The fraction of sp³-hybridized carbons (Fsp3) is 0.0667. The molecule has 0 saturated heterocycles. The number of para-hydroxylation sites is 1. The van der Waals surface area contributed by atoms with Crippen LogP contribution in [0.5, 0.6) is 0 Å². The van der Waals surface area contributed by atoms with Crippen molar-refractivity contribution in [1.29, 1.82) is 0 Å². The molecule has 0 unspecified atom stereocenters. The standard InChI is InChI=1S/C15H11BrN4O3S/c16-10-3-1-2-4-11(10)19-12(21)8-17-13(22)9-7-18-15-20(14(9)23)5-6-24-15/h1-7H,8H2,(H,17,22)(H,19,21). The van der Waals surface area contributed by atoms with Gasteiger partial charge in [0.2, 0.25) is 5.91 Å². The lowest BCUT2D eigenvalue weighted by Gasteiger charge is -2.08. The molecule has 122 valence electrons. The Labute approximate surface area is 148 Å². The van der Waals surface area contributed by atoms with E-state index in [1.54, 1.807) is 29.8 Å². The lowest BCUT2D eigenvalue weighted by Crippen LogP contribution is -2.36. The van der Waals surface area contributed by atoms with Crippen LogP contribution in [0, 0.1) is 0 Å². The Morgan fingerprint density at radius 1 is 1.29 bits per heavy atom. The Morgan fingerprint density at radius 3 is 2.88 bits per heavy atom. The summed E-state index contributed by atoms with van der Waals surface area (Å²) in [5.41, 5.74) is 0.0164. The third kappa shape index (κ3) is 3.36. The molecule has 0 bridgehead atoms. The number of nitrogens with one attached hydrogen (secondary N) is 2. The van der Waals surface area contributed by atoms with Gasteiger partial charge >= 0.3 is 0 Å². The van der Waals surface area contributed by atoms with E-state index in [0.29, 0.717) is 10.6 Å². The quantitative estimate of drug-likeness (QED) is 0.691. The molecule has 0 atom stereocenters. The molecule has 0 saturated carbocycles. The predicted octanol–water partition coefficient (Wildman–Crippen LogP) is 1.89. The normalized spacial score (nSPS) is 10.5. The number of rotatable bonds is 4. The van der Waals surface area contributed by atoms with Crippen LogP contribution in [0.3, 0.4) is 0 Å². The molecule has 2 heterocycles. The largest absolute Gasteiger partial charge is 0.343 e. The van der Waals surface area contributed by atoms with E-state index in [1.807, 2.05) is 6.07 Å². The summed E-state index contributed by atoms with van der Waals surface area (Å²) in [6.07, 6.45) is 2.76. The lowest BCUT2D eigenvalue weighted by atomic mass is 10.3. The number of hydrogen-bond donors (Lipinski definition) is 2. The van der Waals surface area contributed by atoms with Crippen LogP contribution >= 0.6 is 27.3 Å². The van der Waals surface area contributed by atoms with Gasteiger partial charge in [0.15, 0.2) is 4.96 Å². The van der Waals surface area contributed by atoms with Crippen LogP contribution in [0.25, 0.3) is 4.96 Å². The fourth-order valence-electron chi connectivity index (χ4n) is 1.99. The van der Waals surface area contributed by atoms with E-state index in [9.17, 15) is 14.4 Å². The minimum Gasteiger partial charge on any atom is -0.343 e. The molecular weight excluding hydrogens is 396 g/mol. The highest BCUT2D eigenvalue weighted by Gasteiger charge is 2.15. The summed E-state index contributed by atoms with van der Waals surface area (Å²) < 4.78 is 2.02. The second kappa shape index (κ2) is 6.93. The molecule has 2 N–H and O–H groups in total. The Bertz CT molecular complexity index is 982. The number of fused-ring (bicyclic) bond motifs is 1. The van der Waals surface area contributed by atoms with E-state index >= 15 is 0 Å². The number of benzene rings is 1. The van der Waals surface area contributed by atoms with Gasteiger partial charge in [-0.2, -0.15) is 0 Å². The van der Waals surface area contributed by atoms with Gasteiger partial charge in [0.1, 0.15) is 5.56 Å². The van der Waals surface area contributed by atoms with Crippen LogP contribution in [-0.4, -0.2) is 27.7 Å². The monoisotopic (exact) mass is 406 g/mol. The number of anilines is 1. The van der Waals surface area contributed by atoms with Gasteiger partial charge in [0.25, 0.3) is 11.5 Å². The molecule has 0 aliphatic carbocycles. The molecule has 1 aromatic carbocycles. The van der Waals surface area contributed by atoms with Gasteiger partial charge in [0, 0.05) is 22.2 Å². The third-order valence-corrected chi connectivity index (χ3v) is 4.61. The molecule has 3 rings (SSSR count). The molecule has 2 aromatic heterocycles. The highest BCUT2D eigenvalue weighted by Crippen LogP contribution is 2.20. The number of carbonyl (C=O) groups excluding carboxylic acids is 2. The maximum absolute atomic E-state index is 12.2. The predicted molar refractivity (Wildman–Crippen MR) is 94.4 cm³/mol. The van der Waals surface area contributed by atoms with Gasteiger partial charge in [-0.25, -0.2) is 4.98 Å². The summed E-state index contributed by atoms with van der Waals surface area (Å²) >= 11 is 4.61. The maximum Gasteiger partial charge on any atom is 0.271 e. The second-order valence-electron chi connectivity index (χ2n) is 4.74. The lowest BCUT2D eigenvalue weighted by molar-refractivity contribution is -0.115. The molecule has 3 aromatic rings. The van der Waals surface area contributed by atoms with Gasteiger partial charge in [-0.1, -0.05) is 12.1 Å². The second-order valence-corrected chi connectivity index (χ2v) is 6.47. The molecular formula is C15H11BrN4O3S. The van der Waals surface area contributed by atoms with E-state index in [1.165, 1.54) is 21.9 Å². The van der Waals surface area contributed by atoms with Crippen molar-refractivity contribution < 1.29 is 9.59 Å². The van der Waals surface area contributed by atoms with E-state index < -0.39 is 17.4 Å². The first kappa shape index (κ1) is 16.3. The third-order valence-electron chi connectivity index (χ3n) is 3.14. The maximum atomic E-state index is 12.2. The van der Waals surface area contributed by atoms with Crippen molar-refractivity contribution in [3.8, 4) is 0 Å². The van der Waals surface area contributed by atoms with E-state index in [0.717, 1.165) is 4.47 Å². The van der Waals surface area contributed by atoms with Crippen molar-refractivity contribution >= 4 is 49.7 Å². The van der Waals surface area contributed by atoms with Crippen molar-refractivity contribution in [3.63, 3.8) is 0 Å². The topological polar surface area (TPSA) is 92.6 Å². The van der Waals surface area contributed by atoms with Crippen LogP contribution in [0.1, 0.15) is 10.4 Å². The molecule has 2 amide bonds. The van der Waals surface area contributed by atoms with Crippen molar-refractivity contribution in [2.75, 3.05) is 11.9 Å². The Kier molecular flexibility index (Phi) is 4.72. The Hall–Kier alpha value is -2.52. The Morgan fingerprint density at radius 2 is 2.08 bits per heavy atom. The number of thiazole rings is 1. The van der Waals surface area contributed by atoms with Crippen LogP contribution < -0.4 is 16.2 Å². The molecule has 9 heteroatoms. The van der Waals surface area contributed by atoms with Gasteiger partial charge < -0.3 is 10.6 Å². The highest BCUT2D eigenvalue weighted by molar-refractivity contribution is 9.10. The Balaban J connectivity index is 1.66.